The molecule has 0 saturated carbocycles. The van der Waals surface area contributed by atoms with Crippen LogP contribution in [-0.2, 0) is 4.79 Å². The maximum absolute atomic E-state index is 12.0. The summed E-state index contributed by atoms with van der Waals surface area (Å²) in [4.78, 5) is 16.3. The summed E-state index contributed by atoms with van der Waals surface area (Å²) >= 11 is 15.0. The van der Waals surface area contributed by atoms with E-state index in [1.165, 1.54) is 11.8 Å². The van der Waals surface area contributed by atoms with Gasteiger partial charge in [-0.15, -0.1) is 11.3 Å². The van der Waals surface area contributed by atoms with Gasteiger partial charge in [-0.05, 0) is 31.5 Å². The Bertz CT molecular complexity index is 646. The van der Waals surface area contributed by atoms with Gasteiger partial charge in [0.15, 0.2) is 4.34 Å². The quantitative estimate of drug-likeness (QED) is 0.783. The molecular formula is C14H14Cl2N2OS2. The van der Waals surface area contributed by atoms with Crippen LogP contribution in [0.5, 0.6) is 0 Å². The number of thioether (sulfide) groups is 1. The fraction of sp³-hybridized carbons (Fsp3) is 0.286. The largest absolute Gasteiger partial charge is 0.349 e. The summed E-state index contributed by atoms with van der Waals surface area (Å²) in [6.45, 7) is 3.83. The monoisotopic (exact) mass is 360 g/mol. The lowest BCUT2D eigenvalue weighted by Gasteiger charge is -2.15. The average Bonchev–Trinajstić information content (AvgIpc) is 2.82. The summed E-state index contributed by atoms with van der Waals surface area (Å²) in [5, 5.41) is 6.03. The molecular weight excluding hydrogens is 347 g/mol. The van der Waals surface area contributed by atoms with E-state index >= 15 is 0 Å². The molecule has 1 aromatic heterocycles. The highest BCUT2D eigenvalue weighted by Crippen LogP contribution is 2.26. The lowest BCUT2D eigenvalue weighted by molar-refractivity contribution is -0.119. The van der Waals surface area contributed by atoms with Gasteiger partial charge < -0.3 is 5.32 Å². The number of aryl methyl sites for hydroxylation is 1. The van der Waals surface area contributed by atoms with Gasteiger partial charge >= 0.3 is 0 Å². The zero-order chi connectivity index (χ0) is 15.4. The number of hydrogen-bond acceptors (Lipinski definition) is 4. The fourth-order valence-corrected chi connectivity index (χ4v) is 3.97. The van der Waals surface area contributed by atoms with E-state index in [-0.39, 0.29) is 11.9 Å². The zero-order valence-corrected chi connectivity index (χ0v) is 14.7. The van der Waals surface area contributed by atoms with Gasteiger partial charge in [0.1, 0.15) is 0 Å². The first-order chi connectivity index (χ1) is 9.95. The minimum Gasteiger partial charge on any atom is -0.349 e. The van der Waals surface area contributed by atoms with Crippen molar-refractivity contribution in [3.8, 4) is 0 Å². The van der Waals surface area contributed by atoms with Gasteiger partial charge in [0.2, 0.25) is 5.91 Å². The maximum Gasteiger partial charge on any atom is 0.230 e. The number of carbonyl (C=O) groups is 1. The molecule has 2 aromatic rings. The van der Waals surface area contributed by atoms with Crippen LogP contribution in [0.1, 0.15) is 24.2 Å². The number of aromatic nitrogens is 1. The van der Waals surface area contributed by atoms with Gasteiger partial charge in [-0.3, -0.25) is 4.79 Å². The summed E-state index contributed by atoms with van der Waals surface area (Å²) in [5.41, 5.74) is 1.83. The Balaban J connectivity index is 1.89. The molecule has 21 heavy (non-hydrogen) atoms. The van der Waals surface area contributed by atoms with Crippen LogP contribution < -0.4 is 5.32 Å². The van der Waals surface area contributed by atoms with E-state index in [1.807, 2.05) is 25.3 Å². The molecule has 0 aliphatic rings. The number of nitrogens with zero attached hydrogens (tertiary/aromatic N) is 1. The molecule has 0 bridgehead atoms. The lowest BCUT2D eigenvalue weighted by atomic mass is 10.1. The van der Waals surface area contributed by atoms with E-state index in [2.05, 4.69) is 10.3 Å². The average molecular weight is 361 g/mol. The van der Waals surface area contributed by atoms with E-state index in [0.29, 0.717) is 15.8 Å². The molecule has 112 valence electrons. The summed E-state index contributed by atoms with van der Waals surface area (Å²) in [6, 6.07) is 5.10. The molecule has 0 radical (unpaired) electrons. The second-order valence-corrected chi connectivity index (χ2v) is 7.42. The smallest absolute Gasteiger partial charge is 0.230 e. The van der Waals surface area contributed by atoms with Crippen LogP contribution in [0.3, 0.4) is 0 Å². The molecule has 0 saturated heterocycles. The predicted octanol–water partition coefficient (Wildman–Crippen LogP) is 4.73. The van der Waals surface area contributed by atoms with Crippen molar-refractivity contribution in [1.82, 2.24) is 10.3 Å². The third-order valence-corrected chi connectivity index (χ3v) is 5.43. The van der Waals surface area contributed by atoms with E-state index in [1.54, 1.807) is 23.5 Å². The van der Waals surface area contributed by atoms with Crippen LogP contribution in [0.15, 0.2) is 27.9 Å². The summed E-state index contributed by atoms with van der Waals surface area (Å²) in [5.74, 6) is 0.286. The van der Waals surface area contributed by atoms with Crippen LogP contribution in [0.25, 0.3) is 0 Å². The van der Waals surface area contributed by atoms with E-state index < -0.39 is 0 Å². The van der Waals surface area contributed by atoms with Crippen molar-refractivity contribution >= 4 is 52.2 Å². The highest BCUT2D eigenvalue weighted by atomic mass is 35.5. The first kappa shape index (κ1) is 16.6. The maximum atomic E-state index is 12.0. The van der Waals surface area contributed by atoms with Gasteiger partial charge in [0.05, 0.1) is 11.8 Å². The second-order valence-electron chi connectivity index (χ2n) is 4.50. The van der Waals surface area contributed by atoms with Crippen LogP contribution >= 0.6 is 46.3 Å². The van der Waals surface area contributed by atoms with Gasteiger partial charge in [-0.2, -0.15) is 0 Å². The number of nitrogens with one attached hydrogen (secondary N) is 1. The van der Waals surface area contributed by atoms with Crippen LogP contribution in [0, 0.1) is 6.92 Å². The van der Waals surface area contributed by atoms with Crippen molar-refractivity contribution in [1.29, 1.82) is 0 Å². The molecule has 1 N–H and O–H groups in total. The second kappa shape index (κ2) is 7.49. The molecule has 1 aromatic carbocycles. The highest BCUT2D eigenvalue weighted by molar-refractivity contribution is 8.01. The van der Waals surface area contributed by atoms with E-state index in [4.69, 9.17) is 23.2 Å². The molecule has 0 aliphatic carbocycles. The van der Waals surface area contributed by atoms with E-state index in [9.17, 15) is 4.79 Å². The SMILES string of the molecule is Cc1csc(SCC(=O)NC(C)c2ccc(Cl)cc2Cl)n1. The standard InChI is InChI=1S/C14H14Cl2N2OS2/c1-8-6-20-14(17-8)21-7-13(19)18-9(2)11-4-3-10(15)5-12(11)16/h3-6,9H,7H2,1-2H3,(H,18,19). The molecule has 7 heteroatoms. The van der Waals surface area contributed by atoms with Gasteiger partial charge in [0.25, 0.3) is 0 Å². The molecule has 3 nitrogen and oxygen atoms in total. The minimum absolute atomic E-state index is 0.0497. The number of benzene rings is 1. The number of halogens is 2. The van der Waals surface area contributed by atoms with Crippen LogP contribution in [0.4, 0.5) is 0 Å². The summed E-state index contributed by atoms with van der Waals surface area (Å²) in [7, 11) is 0. The molecule has 1 unspecified atom stereocenters. The number of hydrogen-bond donors (Lipinski definition) is 1. The third kappa shape index (κ3) is 4.88. The fourth-order valence-electron chi connectivity index (χ4n) is 1.74. The first-order valence-electron chi connectivity index (χ1n) is 6.25. The molecule has 2 rings (SSSR count). The molecule has 1 amide bonds. The van der Waals surface area contributed by atoms with Crippen molar-refractivity contribution in [3.05, 3.63) is 44.9 Å². The predicted molar refractivity (Wildman–Crippen MR) is 90.6 cm³/mol. The minimum atomic E-state index is -0.166. The Labute approximate surface area is 142 Å². The first-order valence-corrected chi connectivity index (χ1v) is 8.87. The number of rotatable bonds is 5. The van der Waals surface area contributed by atoms with Crippen molar-refractivity contribution in [2.24, 2.45) is 0 Å². The third-order valence-electron chi connectivity index (χ3n) is 2.73. The highest BCUT2D eigenvalue weighted by Gasteiger charge is 2.13. The normalized spacial score (nSPS) is 12.2. The Morgan fingerprint density at radius 3 is 2.86 bits per heavy atom. The van der Waals surface area contributed by atoms with Crippen LogP contribution in [0.2, 0.25) is 10.0 Å². The molecule has 0 aliphatic heterocycles. The number of amides is 1. The Hall–Kier alpha value is -0.750. The molecule has 0 fully saturated rings. The van der Waals surface area contributed by atoms with Gasteiger partial charge in [-0.1, -0.05) is 41.0 Å². The van der Waals surface area contributed by atoms with Crippen molar-refractivity contribution in [3.63, 3.8) is 0 Å². The Morgan fingerprint density at radius 1 is 1.48 bits per heavy atom. The molecule has 1 atom stereocenters. The Kier molecular flexibility index (Phi) is 5.93. The molecule has 1 heterocycles. The summed E-state index contributed by atoms with van der Waals surface area (Å²) in [6.07, 6.45) is 0. The molecule has 0 spiro atoms. The van der Waals surface area contributed by atoms with Gasteiger partial charge in [0, 0.05) is 21.1 Å². The van der Waals surface area contributed by atoms with Crippen molar-refractivity contribution in [2.75, 3.05) is 5.75 Å². The lowest BCUT2D eigenvalue weighted by Crippen LogP contribution is -2.28. The van der Waals surface area contributed by atoms with Gasteiger partial charge in [-0.25, -0.2) is 4.98 Å². The van der Waals surface area contributed by atoms with E-state index in [0.717, 1.165) is 15.6 Å². The Morgan fingerprint density at radius 2 is 2.24 bits per heavy atom. The van der Waals surface area contributed by atoms with Crippen molar-refractivity contribution < 1.29 is 4.79 Å². The number of thiazole rings is 1. The van der Waals surface area contributed by atoms with Crippen LogP contribution in [-0.4, -0.2) is 16.6 Å². The summed E-state index contributed by atoms with van der Waals surface area (Å²) < 4.78 is 0.903. The number of carbonyl (C=O) groups excluding carboxylic acids is 1. The van der Waals surface area contributed by atoms with Crippen molar-refractivity contribution in [2.45, 2.75) is 24.2 Å². The topological polar surface area (TPSA) is 42.0 Å². The zero-order valence-electron chi connectivity index (χ0n) is 11.5.